The largest absolute Gasteiger partial charge is 0.305 e. The van der Waals surface area contributed by atoms with Gasteiger partial charge >= 0.3 is 0 Å². The second-order valence-electron chi connectivity index (χ2n) is 2.87. The van der Waals surface area contributed by atoms with E-state index in [0.29, 0.717) is 0 Å². The summed E-state index contributed by atoms with van der Waals surface area (Å²) in [5.74, 6) is 0. The first-order valence-corrected chi connectivity index (χ1v) is 4.40. The first-order chi connectivity index (χ1) is 6.27. The number of rotatable bonds is 1. The van der Waals surface area contributed by atoms with E-state index >= 15 is 0 Å². The van der Waals surface area contributed by atoms with E-state index in [9.17, 15) is 0 Å². The van der Waals surface area contributed by atoms with Crippen molar-refractivity contribution in [3.63, 3.8) is 0 Å². The normalized spacial score (nSPS) is 10.3. The Hall–Kier alpha value is -1.28. The highest BCUT2D eigenvalue weighted by Gasteiger charge is 2.00. The van der Waals surface area contributed by atoms with Crippen LogP contribution >= 0.6 is 11.6 Å². The molecule has 3 heteroatoms. The molecule has 0 aliphatic carbocycles. The maximum absolute atomic E-state index is 6.02. The van der Waals surface area contributed by atoms with E-state index in [2.05, 4.69) is 4.98 Å². The lowest BCUT2D eigenvalue weighted by atomic mass is 10.3. The molecule has 66 valence electrons. The molecular weight excluding hydrogens is 184 g/mol. The number of nitrogens with zero attached hydrogens (tertiary/aromatic N) is 2. The summed E-state index contributed by atoms with van der Waals surface area (Å²) >= 11 is 6.02. The number of benzene rings is 1. The van der Waals surface area contributed by atoms with Crippen LogP contribution in [0, 0.1) is 6.92 Å². The van der Waals surface area contributed by atoms with E-state index in [1.807, 2.05) is 42.0 Å². The molecule has 1 aromatic heterocycles. The predicted octanol–water partition coefficient (Wildman–Crippen LogP) is 2.83. The smallest absolute Gasteiger partial charge is 0.0995 e. The van der Waals surface area contributed by atoms with Gasteiger partial charge in [0.25, 0.3) is 0 Å². The number of imidazole rings is 1. The highest BCUT2D eigenvalue weighted by Crippen LogP contribution is 2.19. The van der Waals surface area contributed by atoms with Crippen molar-refractivity contribution in [2.75, 3.05) is 0 Å². The van der Waals surface area contributed by atoms with Crippen molar-refractivity contribution in [3.8, 4) is 5.69 Å². The molecule has 0 aliphatic heterocycles. The van der Waals surface area contributed by atoms with Crippen LogP contribution in [-0.2, 0) is 0 Å². The van der Waals surface area contributed by atoms with Crippen LogP contribution in [0.15, 0.2) is 36.8 Å². The molecule has 0 saturated carbocycles. The number of hydrogen-bond donors (Lipinski definition) is 0. The van der Waals surface area contributed by atoms with Crippen LogP contribution in [0.5, 0.6) is 0 Å². The molecule has 0 saturated heterocycles. The molecule has 1 heterocycles. The van der Waals surface area contributed by atoms with E-state index in [-0.39, 0.29) is 0 Å². The van der Waals surface area contributed by atoms with Gasteiger partial charge in [0.2, 0.25) is 0 Å². The van der Waals surface area contributed by atoms with Crippen molar-refractivity contribution in [2.45, 2.75) is 6.92 Å². The van der Waals surface area contributed by atoms with E-state index < -0.39 is 0 Å². The van der Waals surface area contributed by atoms with Gasteiger partial charge in [0.1, 0.15) is 0 Å². The van der Waals surface area contributed by atoms with Gasteiger partial charge in [-0.15, -0.1) is 0 Å². The lowest BCUT2D eigenvalue weighted by Crippen LogP contribution is -1.89. The van der Waals surface area contributed by atoms with Crippen LogP contribution in [-0.4, -0.2) is 9.55 Å². The third kappa shape index (κ3) is 1.58. The van der Waals surface area contributed by atoms with Crippen molar-refractivity contribution in [3.05, 3.63) is 47.5 Å². The van der Waals surface area contributed by atoms with Gasteiger partial charge in [-0.25, -0.2) is 4.98 Å². The zero-order valence-corrected chi connectivity index (χ0v) is 7.99. The Morgan fingerprint density at radius 2 is 2.08 bits per heavy atom. The molecule has 0 amide bonds. The van der Waals surface area contributed by atoms with E-state index in [4.69, 9.17) is 11.6 Å². The third-order valence-corrected chi connectivity index (χ3v) is 2.16. The van der Waals surface area contributed by atoms with Crippen LogP contribution < -0.4 is 0 Å². The summed E-state index contributed by atoms with van der Waals surface area (Å²) in [6.07, 6.45) is 3.71. The quantitative estimate of drug-likeness (QED) is 0.680. The van der Waals surface area contributed by atoms with Crippen molar-refractivity contribution < 1.29 is 0 Å². The first-order valence-electron chi connectivity index (χ1n) is 4.03. The Bertz CT molecular complexity index is 420. The number of aromatic nitrogens is 2. The van der Waals surface area contributed by atoms with E-state index in [0.717, 1.165) is 16.4 Å². The summed E-state index contributed by atoms with van der Waals surface area (Å²) < 4.78 is 1.91. The number of aryl methyl sites for hydroxylation is 1. The van der Waals surface area contributed by atoms with Crippen LogP contribution in [0.4, 0.5) is 0 Å². The summed E-state index contributed by atoms with van der Waals surface area (Å²) in [7, 11) is 0. The highest BCUT2D eigenvalue weighted by molar-refractivity contribution is 6.32. The molecule has 2 rings (SSSR count). The number of para-hydroxylation sites is 1. The maximum Gasteiger partial charge on any atom is 0.0995 e. The lowest BCUT2D eigenvalue weighted by molar-refractivity contribution is 1.06. The van der Waals surface area contributed by atoms with Gasteiger partial charge < -0.3 is 4.57 Å². The lowest BCUT2D eigenvalue weighted by Gasteiger charge is -2.02. The van der Waals surface area contributed by atoms with Crippen LogP contribution in [0.3, 0.4) is 0 Å². The van der Waals surface area contributed by atoms with Crippen LogP contribution in [0.1, 0.15) is 5.69 Å². The van der Waals surface area contributed by atoms with Gasteiger partial charge in [-0.1, -0.05) is 23.7 Å². The minimum absolute atomic E-state index is 0.736. The van der Waals surface area contributed by atoms with Crippen LogP contribution in [0.25, 0.3) is 5.69 Å². The summed E-state index contributed by atoms with van der Waals surface area (Å²) in [6, 6.07) is 7.70. The second kappa shape index (κ2) is 3.23. The minimum atomic E-state index is 0.736. The van der Waals surface area contributed by atoms with Gasteiger partial charge in [-0.3, -0.25) is 0 Å². The summed E-state index contributed by atoms with van der Waals surface area (Å²) in [5, 5.41) is 0.736. The molecule has 0 N–H and O–H groups in total. The number of hydrogen-bond acceptors (Lipinski definition) is 1. The van der Waals surface area contributed by atoms with E-state index in [1.54, 1.807) is 6.33 Å². The highest BCUT2D eigenvalue weighted by atomic mass is 35.5. The second-order valence-corrected chi connectivity index (χ2v) is 3.28. The Balaban J connectivity index is 2.52. The SMILES string of the molecule is Cc1cn(-c2ccccc2Cl)cn1. The molecule has 13 heavy (non-hydrogen) atoms. The standard InChI is InChI=1S/C10H9ClN2/c1-8-6-13(7-12-8)10-5-3-2-4-9(10)11/h2-7H,1H3. The van der Waals surface area contributed by atoms with Crippen molar-refractivity contribution in [1.29, 1.82) is 0 Å². The zero-order chi connectivity index (χ0) is 9.26. The Morgan fingerprint density at radius 3 is 2.69 bits per heavy atom. The molecule has 0 aliphatic rings. The summed E-state index contributed by atoms with van der Waals surface area (Å²) in [5.41, 5.74) is 1.95. The monoisotopic (exact) mass is 192 g/mol. The van der Waals surface area contributed by atoms with Gasteiger partial charge in [0, 0.05) is 6.20 Å². The number of halogens is 1. The third-order valence-electron chi connectivity index (χ3n) is 1.84. The molecule has 1 aromatic carbocycles. The van der Waals surface area contributed by atoms with Gasteiger partial charge in [-0.2, -0.15) is 0 Å². The van der Waals surface area contributed by atoms with Gasteiger partial charge in [0.05, 0.1) is 22.7 Å². The van der Waals surface area contributed by atoms with E-state index in [1.165, 1.54) is 0 Å². The van der Waals surface area contributed by atoms with Crippen molar-refractivity contribution in [2.24, 2.45) is 0 Å². The van der Waals surface area contributed by atoms with Crippen molar-refractivity contribution in [1.82, 2.24) is 9.55 Å². The summed E-state index contributed by atoms with van der Waals surface area (Å²) in [6.45, 7) is 1.95. The van der Waals surface area contributed by atoms with Gasteiger partial charge in [0.15, 0.2) is 0 Å². The zero-order valence-electron chi connectivity index (χ0n) is 7.24. The maximum atomic E-state index is 6.02. The molecule has 0 radical (unpaired) electrons. The molecule has 0 atom stereocenters. The Morgan fingerprint density at radius 1 is 1.31 bits per heavy atom. The van der Waals surface area contributed by atoms with Gasteiger partial charge in [-0.05, 0) is 19.1 Å². The molecule has 0 spiro atoms. The average Bonchev–Trinajstić information content (AvgIpc) is 2.53. The fourth-order valence-corrected chi connectivity index (χ4v) is 1.45. The Kier molecular flexibility index (Phi) is 2.07. The molecule has 0 fully saturated rings. The predicted molar refractivity (Wildman–Crippen MR) is 53.3 cm³/mol. The molecule has 2 aromatic rings. The molecule has 0 unspecified atom stereocenters. The molecule has 2 nitrogen and oxygen atoms in total. The van der Waals surface area contributed by atoms with Crippen LogP contribution in [0.2, 0.25) is 5.02 Å². The van der Waals surface area contributed by atoms with Crippen molar-refractivity contribution >= 4 is 11.6 Å². The topological polar surface area (TPSA) is 17.8 Å². The Labute approximate surface area is 81.8 Å². The average molecular weight is 193 g/mol. The fraction of sp³-hybridized carbons (Fsp3) is 0.100. The fourth-order valence-electron chi connectivity index (χ4n) is 1.21. The summed E-state index contributed by atoms with van der Waals surface area (Å²) in [4.78, 5) is 4.14. The molecule has 0 bridgehead atoms. The first kappa shape index (κ1) is 8.32. The minimum Gasteiger partial charge on any atom is -0.305 e. The molecular formula is C10H9ClN2.